The zero-order valence-corrected chi connectivity index (χ0v) is 10.3. The molecule has 0 unspecified atom stereocenters. The molecule has 0 aliphatic carbocycles. The number of hydrogen-bond donors (Lipinski definition) is 0. The number of likely N-dealkylation sites (tertiary alicyclic amines) is 1. The molecule has 0 amide bonds. The summed E-state index contributed by atoms with van der Waals surface area (Å²) in [6.07, 6.45) is 1.01. The molecule has 0 atom stereocenters. The van der Waals surface area contributed by atoms with Gasteiger partial charge in [0.15, 0.2) is 0 Å². The molecule has 1 aliphatic heterocycles. The first-order chi connectivity index (χ1) is 5.00. The summed E-state index contributed by atoms with van der Waals surface area (Å²) in [5, 5.41) is 0. The van der Waals surface area contributed by atoms with E-state index >= 15 is 0 Å². The van der Waals surface area contributed by atoms with Gasteiger partial charge in [0.05, 0.1) is 0 Å². The fourth-order valence-corrected chi connectivity index (χ4v) is 0.931. The molecule has 64 valence electrons. The molecule has 12 heavy (non-hydrogen) atoms. The van der Waals surface area contributed by atoms with Crippen LogP contribution >= 0.6 is 0 Å². The smallest absolute Gasteiger partial charge is 0.445 e. The Morgan fingerprint density at radius 3 is 2.08 bits per heavy atom. The molecule has 6 heteroatoms. The summed E-state index contributed by atoms with van der Waals surface area (Å²) in [6.45, 7) is -0.233. The minimum absolute atomic E-state index is 0. The number of nitrogens with zero attached hydrogens (tertiary/aromatic N) is 1. The largest absolute Gasteiger partial charge is 1.00 e. The Morgan fingerprint density at radius 2 is 1.83 bits per heavy atom. The van der Waals surface area contributed by atoms with E-state index in [0.717, 1.165) is 19.5 Å². The molecule has 1 rings (SSSR count). The predicted molar refractivity (Wildman–Crippen MR) is 39.3 cm³/mol. The molecule has 0 spiro atoms. The van der Waals surface area contributed by atoms with Crippen LogP contribution in [0.15, 0.2) is 12.1 Å². The van der Waals surface area contributed by atoms with Gasteiger partial charge in [0.2, 0.25) is 0 Å². The normalized spacial score (nSPS) is 17.9. The van der Waals surface area contributed by atoms with Crippen molar-refractivity contribution in [3.05, 3.63) is 12.1 Å². The van der Waals surface area contributed by atoms with Crippen molar-refractivity contribution in [2.24, 2.45) is 0 Å². The van der Waals surface area contributed by atoms with Gasteiger partial charge in [-0.1, -0.05) is 0 Å². The summed E-state index contributed by atoms with van der Waals surface area (Å²) in [4.78, 5) is 1.75. The molecule has 1 fully saturated rings. The molecule has 1 nitrogen and oxygen atoms in total. The molecule has 0 aromatic rings. The van der Waals surface area contributed by atoms with E-state index in [2.05, 4.69) is 6.58 Å². The van der Waals surface area contributed by atoms with Crippen molar-refractivity contribution in [1.82, 2.24) is 4.90 Å². The summed E-state index contributed by atoms with van der Waals surface area (Å²) >= 11 is 0. The number of hydrogen-bond acceptors (Lipinski definition) is 1. The first-order valence-corrected chi connectivity index (χ1v) is 3.60. The van der Waals surface area contributed by atoms with E-state index in [0.29, 0.717) is 0 Å². The van der Waals surface area contributed by atoms with Crippen molar-refractivity contribution in [1.29, 1.82) is 0 Å². The molecule has 0 aromatic heterocycles. The SMILES string of the molecule is C=C(CN1CCC1)[B-](F)(F)F.[K+]. The minimum Gasteiger partial charge on any atom is -0.445 e. The summed E-state index contributed by atoms with van der Waals surface area (Å²) in [6, 6.07) is 0. The standard InChI is InChI=1S/C6H10BF3N.K/c1-6(7(8,9)10)5-11-3-2-4-11;/h1-5H2;/q-1;+1. The molecule has 0 aromatic carbocycles. The van der Waals surface area contributed by atoms with Crippen molar-refractivity contribution in [2.75, 3.05) is 19.6 Å². The van der Waals surface area contributed by atoms with E-state index in [1.165, 1.54) is 0 Å². The van der Waals surface area contributed by atoms with Gasteiger partial charge in [-0.05, 0) is 26.1 Å². The van der Waals surface area contributed by atoms with Crippen LogP contribution in [0.4, 0.5) is 12.9 Å². The Balaban J connectivity index is 0.00000121. The predicted octanol–water partition coefficient (Wildman–Crippen LogP) is -1.36. The second-order valence-corrected chi connectivity index (χ2v) is 2.86. The van der Waals surface area contributed by atoms with Crippen molar-refractivity contribution >= 4 is 6.98 Å². The van der Waals surface area contributed by atoms with Crippen LogP contribution in [0.25, 0.3) is 0 Å². The van der Waals surface area contributed by atoms with Crippen molar-refractivity contribution in [3.8, 4) is 0 Å². The summed E-state index contributed by atoms with van der Waals surface area (Å²) in [7, 11) is 0. The van der Waals surface area contributed by atoms with Gasteiger partial charge < -0.3 is 17.8 Å². The monoisotopic (exact) mass is 203 g/mol. The average molecular weight is 203 g/mol. The third-order valence-corrected chi connectivity index (χ3v) is 1.84. The van der Waals surface area contributed by atoms with Crippen LogP contribution in [0, 0.1) is 0 Å². The van der Waals surface area contributed by atoms with Crippen LogP contribution < -0.4 is 51.4 Å². The molecule has 0 saturated carbocycles. The molecule has 1 aliphatic rings. The maximum Gasteiger partial charge on any atom is 1.00 e. The topological polar surface area (TPSA) is 3.24 Å². The Hall–Kier alpha value is 1.19. The Kier molecular flexibility index (Phi) is 5.68. The van der Waals surface area contributed by atoms with E-state index in [4.69, 9.17) is 0 Å². The maximum atomic E-state index is 11.9. The zero-order chi connectivity index (χ0) is 8.48. The Morgan fingerprint density at radius 1 is 1.33 bits per heavy atom. The summed E-state index contributed by atoms with van der Waals surface area (Å²) in [5.74, 6) is 0. The van der Waals surface area contributed by atoms with Gasteiger partial charge in [-0.2, -0.15) is 0 Å². The molecule has 0 radical (unpaired) electrons. The quantitative estimate of drug-likeness (QED) is 0.512. The first-order valence-electron chi connectivity index (χ1n) is 3.60. The number of rotatable bonds is 3. The summed E-state index contributed by atoms with van der Waals surface area (Å²) < 4.78 is 35.7. The van der Waals surface area contributed by atoms with E-state index in [9.17, 15) is 12.9 Å². The van der Waals surface area contributed by atoms with Gasteiger partial charge in [-0.25, -0.2) is 0 Å². The van der Waals surface area contributed by atoms with Crippen LogP contribution in [0.3, 0.4) is 0 Å². The molecule has 1 saturated heterocycles. The van der Waals surface area contributed by atoms with Gasteiger partial charge in [0, 0.05) is 0 Å². The van der Waals surface area contributed by atoms with Gasteiger partial charge in [0.1, 0.15) is 0 Å². The fourth-order valence-electron chi connectivity index (χ4n) is 0.931. The van der Waals surface area contributed by atoms with E-state index in [1.54, 1.807) is 4.90 Å². The number of halogens is 3. The van der Waals surface area contributed by atoms with Gasteiger partial charge in [0.25, 0.3) is 0 Å². The van der Waals surface area contributed by atoms with Crippen LogP contribution in [-0.4, -0.2) is 31.5 Å². The van der Waals surface area contributed by atoms with Crippen LogP contribution in [0.1, 0.15) is 6.42 Å². The molecular formula is C6H10BF3KN. The van der Waals surface area contributed by atoms with Crippen molar-refractivity contribution < 1.29 is 64.3 Å². The average Bonchev–Trinajstić information content (AvgIpc) is 1.75. The van der Waals surface area contributed by atoms with Crippen molar-refractivity contribution in [2.45, 2.75) is 6.42 Å². The van der Waals surface area contributed by atoms with Crippen LogP contribution in [0.5, 0.6) is 0 Å². The van der Waals surface area contributed by atoms with E-state index in [-0.39, 0.29) is 57.9 Å². The maximum absolute atomic E-state index is 11.9. The Labute approximate surface area is 113 Å². The van der Waals surface area contributed by atoms with Gasteiger partial charge in [-0.3, -0.25) is 0 Å². The van der Waals surface area contributed by atoms with Crippen molar-refractivity contribution in [3.63, 3.8) is 0 Å². The molecular weight excluding hydrogens is 193 g/mol. The van der Waals surface area contributed by atoms with Crippen LogP contribution in [-0.2, 0) is 0 Å². The van der Waals surface area contributed by atoms with Gasteiger partial charge in [-0.15, -0.1) is 12.1 Å². The fraction of sp³-hybridized carbons (Fsp3) is 0.667. The molecule has 0 N–H and O–H groups in total. The second kappa shape index (κ2) is 5.17. The van der Waals surface area contributed by atoms with Crippen LogP contribution in [0.2, 0.25) is 0 Å². The third kappa shape index (κ3) is 3.93. The Bertz CT molecular complexity index is 167. The zero-order valence-electron chi connectivity index (χ0n) is 7.19. The first kappa shape index (κ1) is 13.2. The summed E-state index contributed by atoms with van der Waals surface area (Å²) in [5.41, 5.74) is -0.579. The van der Waals surface area contributed by atoms with E-state index < -0.39 is 12.4 Å². The van der Waals surface area contributed by atoms with Gasteiger partial charge >= 0.3 is 58.4 Å². The molecule has 1 heterocycles. The molecule has 0 bridgehead atoms. The second-order valence-electron chi connectivity index (χ2n) is 2.86. The third-order valence-electron chi connectivity index (χ3n) is 1.84. The minimum atomic E-state index is -4.81. The van der Waals surface area contributed by atoms with E-state index in [1.807, 2.05) is 0 Å².